The van der Waals surface area contributed by atoms with Crippen LogP contribution in [0.2, 0.25) is 0 Å². The number of furan rings is 1. The summed E-state index contributed by atoms with van der Waals surface area (Å²) in [4.78, 5) is 2.38. The van der Waals surface area contributed by atoms with Crippen LogP contribution >= 0.6 is 0 Å². The summed E-state index contributed by atoms with van der Waals surface area (Å²) in [5.74, 6) is 0. The molecule has 59 heavy (non-hydrogen) atoms. The molecule has 3 aliphatic carbocycles. The van der Waals surface area contributed by atoms with Crippen molar-refractivity contribution in [1.82, 2.24) is 0 Å². The smallest absolute Gasteiger partial charge is 0.137 e. The third-order valence-corrected chi connectivity index (χ3v) is 13.8. The zero-order chi connectivity index (χ0) is 38.9. The van der Waals surface area contributed by atoms with Crippen LogP contribution in [0.4, 0.5) is 17.1 Å². The average molecular weight is 752 g/mol. The van der Waals surface area contributed by atoms with Crippen LogP contribution < -0.4 is 4.90 Å². The van der Waals surface area contributed by atoms with Crippen LogP contribution in [0.15, 0.2) is 211 Å². The number of para-hydroxylation sites is 1. The van der Waals surface area contributed by atoms with Gasteiger partial charge in [-0.15, -0.1) is 0 Å². The molecule has 2 heteroatoms. The molecule has 0 atom stereocenters. The minimum absolute atomic E-state index is 0.291. The summed E-state index contributed by atoms with van der Waals surface area (Å²) in [6.07, 6.45) is 0. The first-order valence-electron chi connectivity index (χ1n) is 20.6. The Morgan fingerprint density at radius 3 is 1.34 bits per heavy atom. The maximum atomic E-state index is 6.88. The minimum atomic E-state index is -0.422. The molecule has 0 radical (unpaired) electrons. The first-order valence-corrected chi connectivity index (χ1v) is 20.6. The molecule has 276 valence electrons. The molecule has 2 nitrogen and oxygen atoms in total. The van der Waals surface area contributed by atoms with Gasteiger partial charge in [-0.2, -0.15) is 0 Å². The van der Waals surface area contributed by atoms with E-state index in [4.69, 9.17) is 4.42 Å². The molecule has 1 heterocycles. The van der Waals surface area contributed by atoms with Crippen molar-refractivity contribution in [3.8, 4) is 33.4 Å². The van der Waals surface area contributed by atoms with Crippen molar-refractivity contribution < 1.29 is 4.42 Å². The van der Waals surface area contributed by atoms with Gasteiger partial charge in [-0.25, -0.2) is 0 Å². The molecule has 0 saturated heterocycles. The molecule has 3 aliphatic rings. The Morgan fingerprint density at radius 2 is 0.763 bits per heavy atom. The molecule has 9 aromatic carbocycles. The van der Waals surface area contributed by atoms with Crippen molar-refractivity contribution in [2.45, 2.75) is 17.8 Å². The van der Waals surface area contributed by atoms with Crippen LogP contribution in [0, 0.1) is 0 Å². The summed E-state index contributed by atoms with van der Waals surface area (Å²) >= 11 is 0. The minimum Gasteiger partial charge on any atom is -0.456 e. The summed E-state index contributed by atoms with van der Waals surface area (Å²) in [7, 11) is 0. The van der Waals surface area contributed by atoms with Gasteiger partial charge in [0.2, 0.25) is 0 Å². The van der Waals surface area contributed by atoms with E-state index in [-0.39, 0.29) is 5.41 Å². The Bertz CT molecular complexity index is 3260. The zero-order valence-corrected chi connectivity index (χ0v) is 32.5. The van der Waals surface area contributed by atoms with E-state index in [1.807, 2.05) is 0 Å². The first-order chi connectivity index (χ1) is 29.1. The van der Waals surface area contributed by atoms with E-state index < -0.39 is 5.41 Å². The molecule has 0 unspecified atom stereocenters. The molecule has 10 aromatic rings. The van der Waals surface area contributed by atoms with Crippen molar-refractivity contribution in [1.29, 1.82) is 0 Å². The third-order valence-electron chi connectivity index (χ3n) is 13.8. The Hall–Kier alpha value is -7.42. The predicted molar refractivity (Wildman–Crippen MR) is 242 cm³/mol. The zero-order valence-electron chi connectivity index (χ0n) is 32.5. The maximum Gasteiger partial charge on any atom is 0.137 e. The van der Waals surface area contributed by atoms with E-state index in [0.29, 0.717) is 0 Å². The molecular formula is C57H37NO. The second-order valence-electron chi connectivity index (χ2n) is 16.5. The van der Waals surface area contributed by atoms with Crippen LogP contribution in [0.5, 0.6) is 0 Å². The van der Waals surface area contributed by atoms with Crippen LogP contribution in [-0.4, -0.2) is 0 Å². The van der Waals surface area contributed by atoms with E-state index >= 15 is 0 Å². The first kappa shape index (κ1) is 32.6. The monoisotopic (exact) mass is 751 g/mol. The highest BCUT2D eigenvalue weighted by Gasteiger charge is 2.51. The van der Waals surface area contributed by atoms with E-state index in [2.05, 4.69) is 218 Å². The number of benzene rings is 9. The lowest BCUT2D eigenvalue weighted by Gasteiger charge is -2.32. The Balaban J connectivity index is 0.986. The normalized spacial score (nSPS) is 14.5. The van der Waals surface area contributed by atoms with Crippen molar-refractivity contribution in [3.63, 3.8) is 0 Å². The van der Waals surface area contributed by atoms with Crippen LogP contribution in [-0.2, 0) is 10.8 Å². The molecule has 0 fully saturated rings. The fourth-order valence-electron chi connectivity index (χ4n) is 11.2. The number of hydrogen-bond donors (Lipinski definition) is 0. The van der Waals surface area contributed by atoms with Crippen molar-refractivity contribution in [3.05, 3.63) is 245 Å². The highest BCUT2D eigenvalue weighted by Crippen LogP contribution is 2.63. The van der Waals surface area contributed by atoms with E-state index in [0.717, 1.165) is 39.0 Å². The number of anilines is 3. The van der Waals surface area contributed by atoms with Gasteiger partial charge in [-0.1, -0.05) is 158 Å². The lowest BCUT2D eigenvalue weighted by atomic mass is 9.70. The molecule has 1 spiro atoms. The molecule has 0 bridgehead atoms. The average Bonchev–Trinajstić information content (AvgIpc) is 3.99. The molecule has 0 amide bonds. The molecule has 1 aromatic heterocycles. The highest BCUT2D eigenvalue weighted by atomic mass is 16.3. The molecule has 0 aliphatic heterocycles. The van der Waals surface area contributed by atoms with Crippen molar-refractivity contribution in [2.75, 3.05) is 4.90 Å². The van der Waals surface area contributed by atoms with E-state index in [1.54, 1.807) is 0 Å². The SMILES string of the molecule is CC1(c2ccc3c(c2)oc2cc(N(c4ccccc4)c4ccc5c(c4)C4(c6ccccc6-c6ccccc64)c4ccccc4-5)ccc23)c2ccccc2-c2ccccc21. The summed E-state index contributed by atoms with van der Waals surface area (Å²) in [5, 5.41) is 2.24. The van der Waals surface area contributed by atoms with Crippen LogP contribution in [0.3, 0.4) is 0 Å². The largest absolute Gasteiger partial charge is 0.456 e. The summed E-state index contributed by atoms with van der Waals surface area (Å²) < 4.78 is 6.88. The van der Waals surface area contributed by atoms with Gasteiger partial charge < -0.3 is 9.32 Å². The number of hydrogen-bond acceptors (Lipinski definition) is 2. The number of fused-ring (bicyclic) bond motifs is 16. The predicted octanol–water partition coefficient (Wildman–Crippen LogP) is 14.7. The van der Waals surface area contributed by atoms with Crippen LogP contribution in [0.1, 0.15) is 45.9 Å². The van der Waals surface area contributed by atoms with Gasteiger partial charge >= 0.3 is 0 Å². The van der Waals surface area contributed by atoms with Crippen molar-refractivity contribution in [2.24, 2.45) is 0 Å². The Labute approximate surface area is 343 Å². The van der Waals surface area contributed by atoms with Gasteiger partial charge in [0.15, 0.2) is 0 Å². The van der Waals surface area contributed by atoms with Crippen molar-refractivity contribution >= 4 is 39.0 Å². The lowest BCUT2D eigenvalue weighted by molar-refractivity contribution is 0.662. The molecule has 0 N–H and O–H groups in total. The topological polar surface area (TPSA) is 16.4 Å². The summed E-state index contributed by atoms with van der Waals surface area (Å²) in [6.45, 7) is 2.36. The van der Waals surface area contributed by atoms with Gasteiger partial charge in [-0.3, -0.25) is 0 Å². The standard InChI is InChI=1S/C57H37NO/c1-56(48-22-10-5-17-40(48)41-18-6-11-23-49(41)56)36-27-30-46-47-32-29-39(35-55(47)59-54(46)33-36)58(37-15-3-2-4-16-37)38-28-31-45-44-21-9-14-26-52(44)57(53(45)34-38)50-24-12-7-19-42(50)43-20-8-13-25-51(43)57/h2-35H,1H3. The number of rotatable bonds is 4. The van der Waals surface area contributed by atoms with Gasteiger partial charge in [0, 0.05) is 39.3 Å². The van der Waals surface area contributed by atoms with Crippen LogP contribution in [0.25, 0.3) is 55.3 Å². The highest BCUT2D eigenvalue weighted by molar-refractivity contribution is 6.07. The Kier molecular flexibility index (Phi) is 6.54. The molecule has 0 saturated carbocycles. The second-order valence-corrected chi connectivity index (χ2v) is 16.5. The fourth-order valence-corrected chi connectivity index (χ4v) is 11.2. The quantitative estimate of drug-likeness (QED) is 0.178. The maximum absolute atomic E-state index is 6.88. The summed E-state index contributed by atoms with van der Waals surface area (Å²) in [6, 6.07) is 76.1. The molecule has 13 rings (SSSR count). The van der Waals surface area contributed by atoms with E-state index in [9.17, 15) is 0 Å². The third kappa shape index (κ3) is 4.20. The van der Waals surface area contributed by atoms with E-state index in [1.165, 1.54) is 72.3 Å². The van der Waals surface area contributed by atoms with Gasteiger partial charge in [-0.05, 0) is 122 Å². The van der Waals surface area contributed by atoms with Gasteiger partial charge in [0.05, 0.1) is 5.41 Å². The molecular weight excluding hydrogens is 715 g/mol. The summed E-state index contributed by atoms with van der Waals surface area (Å²) in [5.41, 5.74) is 21.4. The Morgan fingerprint density at radius 1 is 0.339 bits per heavy atom. The van der Waals surface area contributed by atoms with Gasteiger partial charge in [0.1, 0.15) is 11.2 Å². The second kappa shape index (κ2) is 11.8. The lowest BCUT2D eigenvalue weighted by Crippen LogP contribution is -2.26. The fraction of sp³-hybridized carbons (Fsp3) is 0.0526. The number of nitrogens with zero attached hydrogens (tertiary/aromatic N) is 1. The van der Waals surface area contributed by atoms with Gasteiger partial charge in [0.25, 0.3) is 0 Å².